The number of rotatable bonds is 1. The minimum atomic E-state index is -1.82. The summed E-state index contributed by atoms with van der Waals surface area (Å²) < 4.78 is 0. The van der Waals surface area contributed by atoms with Crippen molar-refractivity contribution in [1.82, 2.24) is 4.98 Å². The highest BCUT2D eigenvalue weighted by atomic mass is 16.4. The highest BCUT2D eigenvalue weighted by Gasteiger charge is 2.04. The number of carbonyl (C=O) groups is 2. The average molecular weight is 236 g/mol. The Labute approximate surface area is 96.9 Å². The third-order valence-electron chi connectivity index (χ3n) is 2.04. The standard InChI is InChI=1S/C9H10N2.C2H2O4/c1-10-8-4-2-3-7-5-6-11-9(7)8;3-1(4)2(5)6/h2-6,10-11H,1H3;(H,3,4)(H,5,6). The minimum Gasteiger partial charge on any atom is -0.473 e. The Bertz CT molecular complexity index is 521. The first kappa shape index (κ1) is 12.6. The van der Waals surface area contributed by atoms with E-state index in [1.165, 1.54) is 10.9 Å². The SMILES string of the molecule is CNc1cccc2cc[nH]c12.O=C(O)C(=O)O. The Hall–Kier alpha value is -2.50. The van der Waals surface area contributed by atoms with Crippen LogP contribution < -0.4 is 5.32 Å². The summed E-state index contributed by atoms with van der Waals surface area (Å²) in [4.78, 5) is 21.4. The normalized spacial score (nSPS) is 9.24. The summed E-state index contributed by atoms with van der Waals surface area (Å²) in [5.74, 6) is -3.65. The van der Waals surface area contributed by atoms with Crippen molar-refractivity contribution in [3.8, 4) is 0 Å². The molecule has 90 valence electrons. The third-order valence-corrected chi connectivity index (χ3v) is 2.04. The smallest absolute Gasteiger partial charge is 0.414 e. The highest BCUT2D eigenvalue weighted by Crippen LogP contribution is 2.20. The second-order valence-electron chi connectivity index (χ2n) is 3.11. The molecule has 0 atom stereocenters. The van der Waals surface area contributed by atoms with Gasteiger partial charge in [-0.05, 0) is 12.1 Å². The van der Waals surface area contributed by atoms with Crippen LogP contribution in [0.5, 0.6) is 0 Å². The summed E-state index contributed by atoms with van der Waals surface area (Å²) >= 11 is 0. The molecule has 0 aliphatic rings. The molecule has 0 radical (unpaired) electrons. The van der Waals surface area contributed by atoms with Crippen LogP contribution in [0.15, 0.2) is 30.5 Å². The molecular weight excluding hydrogens is 224 g/mol. The van der Waals surface area contributed by atoms with Gasteiger partial charge in [0, 0.05) is 18.6 Å². The summed E-state index contributed by atoms with van der Waals surface area (Å²) in [7, 11) is 1.93. The maximum Gasteiger partial charge on any atom is 0.414 e. The van der Waals surface area contributed by atoms with Crippen molar-refractivity contribution in [2.75, 3.05) is 12.4 Å². The maximum atomic E-state index is 9.10. The predicted molar refractivity (Wildman–Crippen MR) is 63.1 cm³/mol. The van der Waals surface area contributed by atoms with Crippen LogP contribution >= 0.6 is 0 Å². The quantitative estimate of drug-likeness (QED) is 0.560. The van der Waals surface area contributed by atoms with E-state index in [-0.39, 0.29) is 0 Å². The van der Waals surface area contributed by atoms with Crippen LogP contribution in [0.1, 0.15) is 0 Å². The van der Waals surface area contributed by atoms with Gasteiger partial charge in [-0.1, -0.05) is 12.1 Å². The van der Waals surface area contributed by atoms with Gasteiger partial charge in [-0.15, -0.1) is 0 Å². The molecule has 17 heavy (non-hydrogen) atoms. The van der Waals surface area contributed by atoms with Crippen molar-refractivity contribution in [2.45, 2.75) is 0 Å². The molecule has 0 saturated heterocycles. The van der Waals surface area contributed by atoms with Crippen LogP contribution in [0, 0.1) is 0 Å². The fourth-order valence-corrected chi connectivity index (χ4v) is 1.29. The van der Waals surface area contributed by atoms with Gasteiger partial charge < -0.3 is 20.5 Å². The molecule has 1 heterocycles. The number of carboxylic acids is 2. The molecule has 6 nitrogen and oxygen atoms in total. The van der Waals surface area contributed by atoms with E-state index in [4.69, 9.17) is 19.8 Å². The highest BCUT2D eigenvalue weighted by molar-refractivity contribution is 6.27. The van der Waals surface area contributed by atoms with Gasteiger partial charge in [-0.2, -0.15) is 0 Å². The van der Waals surface area contributed by atoms with Gasteiger partial charge in [0.1, 0.15) is 0 Å². The number of anilines is 1. The van der Waals surface area contributed by atoms with Crippen LogP contribution in [0.2, 0.25) is 0 Å². The van der Waals surface area contributed by atoms with Crippen molar-refractivity contribution in [1.29, 1.82) is 0 Å². The van der Waals surface area contributed by atoms with Crippen molar-refractivity contribution < 1.29 is 19.8 Å². The first-order valence-corrected chi connectivity index (χ1v) is 4.76. The van der Waals surface area contributed by atoms with E-state index in [9.17, 15) is 0 Å². The lowest BCUT2D eigenvalue weighted by Crippen LogP contribution is -2.09. The molecule has 1 aromatic heterocycles. The zero-order valence-corrected chi connectivity index (χ0v) is 9.10. The lowest BCUT2D eigenvalue weighted by molar-refractivity contribution is -0.159. The Morgan fingerprint density at radius 1 is 1.18 bits per heavy atom. The summed E-state index contributed by atoms with van der Waals surface area (Å²) in [6.45, 7) is 0. The van der Waals surface area contributed by atoms with Gasteiger partial charge in [-0.25, -0.2) is 9.59 Å². The molecule has 2 rings (SSSR count). The fourth-order valence-electron chi connectivity index (χ4n) is 1.29. The number of aliphatic carboxylic acids is 2. The third kappa shape index (κ3) is 3.23. The largest absolute Gasteiger partial charge is 0.473 e. The number of H-pyrrole nitrogens is 1. The summed E-state index contributed by atoms with van der Waals surface area (Å²) in [6, 6.07) is 8.25. The predicted octanol–water partition coefficient (Wildman–Crippen LogP) is 1.37. The molecule has 0 amide bonds. The molecule has 2 aromatic rings. The van der Waals surface area contributed by atoms with Gasteiger partial charge >= 0.3 is 11.9 Å². The number of fused-ring (bicyclic) bond motifs is 1. The number of aromatic nitrogens is 1. The van der Waals surface area contributed by atoms with Crippen LogP contribution in [-0.4, -0.2) is 34.2 Å². The zero-order valence-electron chi connectivity index (χ0n) is 9.10. The summed E-state index contributed by atoms with van der Waals surface area (Å²) in [6.07, 6.45) is 1.95. The topological polar surface area (TPSA) is 102 Å². The number of nitrogens with one attached hydrogen (secondary N) is 2. The molecule has 4 N–H and O–H groups in total. The summed E-state index contributed by atoms with van der Waals surface area (Å²) in [5.41, 5.74) is 2.32. The van der Waals surface area contributed by atoms with Crippen LogP contribution in [0.3, 0.4) is 0 Å². The first-order chi connectivity index (χ1) is 8.06. The van der Waals surface area contributed by atoms with Crippen molar-refractivity contribution in [3.05, 3.63) is 30.5 Å². The first-order valence-electron chi connectivity index (χ1n) is 4.76. The average Bonchev–Trinajstić information content (AvgIpc) is 2.77. The lowest BCUT2D eigenvalue weighted by Gasteiger charge is -1.99. The minimum absolute atomic E-state index is 1.15. The maximum absolute atomic E-state index is 9.10. The van der Waals surface area contributed by atoms with E-state index in [0.29, 0.717) is 0 Å². The molecule has 0 aliphatic heterocycles. The van der Waals surface area contributed by atoms with E-state index in [1.807, 2.05) is 19.3 Å². The fraction of sp³-hybridized carbons (Fsp3) is 0.0909. The van der Waals surface area contributed by atoms with Crippen molar-refractivity contribution >= 4 is 28.5 Å². The van der Waals surface area contributed by atoms with Gasteiger partial charge in [0.2, 0.25) is 0 Å². The van der Waals surface area contributed by atoms with Crippen LogP contribution in [0.25, 0.3) is 10.9 Å². The van der Waals surface area contributed by atoms with E-state index >= 15 is 0 Å². The Morgan fingerprint density at radius 2 is 1.82 bits per heavy atom. The monoisotopic (exact) mass is 236 g/mol. The Morgan fingerprint density at radius 3 is 2.35 bits per heavy atom. The van der Waals surface area contributed by atoms with Gasteiger partial charge in [-0.3, -0.25) is 0 Å². The molecule has 0 aliphatic carbocycles. The number of benzene rings is 1. The van der Waals surface area contributed by atoms with Crippen LogP contribution in [0.4, 0.5) is 5.69 Å². The van der Waals surface area contributed by atoms with Crippen LogP contribution in [-0.2, 0) is 9.59 Å². The number of hydrogen-bond donors (Lipinski definition) is 4. The van der Waals surface area contributed by atoms with E-state index < -0.39 is 11.9 Å². The Kier molecular flexibility index (Phi) is 4.10. The zero-order chi connectivity index (χ0) is 12.8. The van der Waals surface area contributed by atoms with Gasteiger partial charge in [0.25, 0.3) is 0 Å². The number of para-hydroxylation sites is 1. The molecule has 0 spiro atoms. The van der Waals surface area contributed by atoms with Gasteiger partial charge in [0.05, 0.1) is 11.2 Å². The number of hydrogen-bond acceptors (Lipinski definition) is 3. The van der Waals surface area contributed by atoms with Gasteiger partial charge in [0.15, 0.2) is 0 Å². The molecule has 0 bridgehead atoms. The second-order valence-corrected chi connectivity index (χ2v) is 3.11. The molecule has 1 aromatic carbocycles. The molecule has 0 unspecified atom stereocenters. The molecule has 0 saturated carbocycles. The number of carboxylic acid groups (broad SMARTS) is 2. The van der Waals surface area contributed by atoms with E-state index in [0.717, 1.165) is 5.69 Å². The van der Waals surface area contributed by atoms with Crippen molar-refractivity contribution in [3.63, 3.8) is 0 Å². The van der Waals surface area contributed by atoms with E-state index in [2.05, 4.69) is 28.5 Å². The molecular formula is C11H12N2O4. The summed E-state index contributed by atoms with van der Waals surface area (Å²) in [5, 5.41) is 19.2. The number of aromatic amines is 1. The lowest BCUT2D eigenvalue weighted by atomic mass is 10.2. The Balaban J connectivity index is 0.000000209. The molecule has 0 fully saturated rings. The van der Waals surface area contributed by atoms with Crippen molar-refractivity contribution in [2.24, 2.45) is 0 Å². The van der Waals surface area contributed by atoms with E-state index in [1.54, 1.807) is 0 Å². The molecule has 6 heteroatoms. The second kappa shape index (κ2) is 5.55.